The number of hydrogen-bond donors (Lipinski definition) is 3. The van der Waals surface area contributed by atoms with E-state index in [9.17, 15) is 44.1 Å². The van der Waals surface area contributed by atoms with Gasteiger partial charge in [0.1, 0.15) is 0 Å². The molecule has 0 unspecified atom stereocenters. The first kappa shape index (κ1) is 41.5. The maximum Gasteiger partial charge on any atom is 0.347 e. The fourth-order valence-corrected chi connectivity index (χ4v) is 3.76. The van der Waals surface area contributed by atoms with Gasteiger partial charge in [-0.05, 0) is 0 Å². The van der Waals surface area contributed by atoms with E-state index in [-0.39, 0.29) is 141 Å². The maximum absolute atomic E-state index is 12.4. The van der Waals surface area contributed by atoms with Crippen LogP contribution in [0.25, 0.3) is 0 Å². The van der Waals surface area contributed by atoms with Crippen LogP contribution < -0.4 is 0 Å². The van der Waals surface area contributed by atoms with Crippen LogP contribution in [0.15, 0.2) is 0 Å². The van der Waals surface area contributed by atoms with Crippen molar-refractivity contribution in [1.29, 1.82) is 0 Å². The van der Waals surface area contributed by atoms with E-state index in [0.717, 1.165) is 0 Å². The Morgan fingerprint density at radius 1 is 0.538 bits per heavy atom. The summed E-state index contributed by atoms with van der Waals surface area (Å²) in [6.45, 7) is 0.709. The lowest BCUT2D eigenvalue weighted by Gasteiger charge is -2.32. The van der Waals surface area contributed by atoms with Gasteiger partial charge in [-0.1, -0.05) is 0 Å². The van der Waals surface area contributed by atoms with Crippen LogP contribution in [0.2, 0.25) is 0 Å². The molecule has 0 aromatic heterocycles. The standard InChI is InChI=1S/C20H31N5O10.4ClH/c26-15-1-2-16(27)25(15)35-20(34)14-24-9-7-22(12-18(30)31)5-3-21(11-17(28)29)4-6-23(8-10-24)13-19(32)33;;;;/h1-14H2,(H,28,29)(H,30,31)(H,32,33);4*1H. The SMILES string of the molecule is Cl.Cl.Cl.Cl.O=C(O)CN1CCN(CC(=O)O)CCN(CC(=O)ON2C(=O)CCC2=O)CCN(CC(=O)O)CC1. The van der Waals surface area contributed by atoms with Crippen molar-refractivity contribution in [2.75, 3.05) is 78.5 Å². The Kier molecular flexibility index (Phi) is 22.2. The summed E-state index contributed by atoms with van der Waals surface area (Å²) in [4.78, 5) is 81.0. The highest BCUT2D eigenvalue weighted by Crippen LogP contribution is 2.12. The minimum atomic E-state index is -1.06. The lowest BCUT2D eigenvalue weighted by molar-refractivity contribution is -0.198. The number of carboxylic acids is 3. The Bertz CT molecular complexity index is 793. The number of hydrogen-bond acceptors (Lipinski definition) is 11. The van der Waals surface area contributed by atoms with Crippen LogP contribution in [-0.2, 0) is 33.6 Å². The molecule has 0 aromatic rings. The smallest absolute Gasteiger partial charge is 0.347 e. The molecule has 39 heavy (non-hydrogen) atoms. The zero-order valence-corrected chi connectivity index (χ0v) is 24.2. The van der Waals surface area contributed by atoms with E-state index in [2.05, 4.69) is 0 Å². The minimum Gasteiger partial charge on any atom is -0.480 e. The lowest BCUT2D eigenvalue weighted by Crippen LogP contribution is -2.49. The van der Waals surface area contributed by atoms with Crippen molar-refractivity contribution >= 4 is 85.3 Å². The zero-order valence-electron chi connectivity index (χ0n) is 21.0. The lowest BCUT2D eigenvalue weighted by atomic mass is 10.3. The summed E-state index contributed by atoms with van der Waals surface area (Å²) >= 11 is 0. The highest BCUT2D eigenvalue weighted by molar-refractivity contribution is 6.01. The molecular formula is C20H35Cl4N5O10. The highest BCUT2D eigenvalue weighted by Gasteiger charge is 2.33. The van der Waals surface area contributed by atoms with E-state index in [4.69, 9.17) is 4.84 Å². The Morgan fingerprint density at radius 2 is 0.795 bits per heavy atom. The molecule has 0 aliphatic carbocycles. The molecule has 0 radical (unpaired) electrons. The predicted octanol–water partition coefficient (Wildman–Crippen LogP) is -1.24. The molecule has 2 amide bonds. The molecule has 228 valence electrons. The van der Waals surface area contributed by atoms with Crippen molar-refractivity contribution < 1.29 is 48.9 Å². The van der Waals surface area contributed by atoms with Gasteiger partial charge >= 0.3 is 23.9 Å². The number of carboxylic acid groups (broad SMARTS) is 3. The summed E-state index contributed by atoms with van der Waals surface area (Å²) in [6, 6.07) is 0. The molecule has 0 bridgehead atoms. The Labute approximate surface area is 249 Å². The number of amides is 2. The average molecular weight is 647 g/mol. The van der Waals surface area contributed by atoms with Crippen molar-refractivity contribution in [2.45, 2.75) is 12.8 Å². The first-order valence-corrected chi connectivity index (χ1v) is 11.1. The van der Waals surface area contributed by atoms with E-state index in [1.165, 1.54) is 0 Å². The van der Waals surface area contributed by atoms with E-state index in [1.54, 1.807) is 19.6 Å². The van der Waals surface area contributed by atoms with Crippen LogP contribution in [0.1, 0.15) is 12.8 Å². The largest absolute Gasteiger partial charge is 0.480 e. The molecule has 2 rings (SSSR count). The fourth-order valence-electron chi connectivity index (χ4n) is 3.76. The molecule has 0 aromatic carbocycles. The van der Waals surface area contributed by atoms with Crippen molar-refractivity contribution in [3.63, 3.8) is 0 Å². The number of halogens is 4. The Morgan fingerprint density at radius 3 is 1.05 bits per heavy atom. The predicted molar refractivity (Wildman–Crippen MR) is 145 cm³/mol. The van der Waals surface area contributed by atoms with E-state index >= 15 is 0 Å². The molecule has 2 aliphatic rings. The van der Waals surface area contributed by atoms with Gasteiger partial charge in [-0.2, -0.15) is 0 Å². The van der Waals surface area contributed by atoms with Crippen LogP contribution in [0.3, 0.4) is 0 Å². The molecule has 2 heterocycles. The Balaban J connectivity index is -0.00000324. The van der Waals surface area contributed by atoms with Gasteiger partial charge in [0, 0.05) is 65.2 Å². The van der Waals surface area contributed by atoms with Crippen LogP contribution in [0, 0.1) is 0 Å². The van der Waals surface area contributed by atoms with Gasteiger partial charge in [-0.15, -0.1) is 54.7 Å². The number of rotatable bonds is 9. The number of aliphatic carboxylic acids is 3. The molecule has 15 nitrogen and oxygen atoms in total. The molecule has 2 fully saturated rings. The highest BCUT2D eigenvalue weighted by atomic mass is 35.5. The van der Waals surface area contributed by atoms with Crippen molar-refractivity contribution in [3.05, 3.63) is 0 Å². The van der Waals surface area contributed by atoms with E-state index in [1.807, 2.05) is 0 Å². The topological polar surface area (TPSA) is 189 Å². The first-order chi connectivity index (χ1) is 16.5. The summed E-state index contributed by atoms with van der Waals surface area (Å²) in [5, 5.41) is 28.1. The second kappa shape index (κ2) is 20.9. The third-order valence-corrected chi connectivity index (χ3v) is 5.56. The second-order valence-corrected chi connectivity index (χ2v) is 8.33. The van der Waals surface area contributed by atoms with Gasteiger partial charge in [-0.25, -0.2) is 4.79 Å². The summed E-state index contributed by atoms with van der Waals surface area (Å²) in [7, 11) is 0. The molecule has 0 atom stereocenters. The molecule has 0 spiro atoms. The zero-order chi connectivity index (χ0) is 26.0. The molecule has 2 saturated heterocycles. The summed E-state index contributed by atoms with van der Waals surface area (Å²) < 4.78 is 0. The van der Waals surface area contributed by atoms with E-state index in [0.29, 0.717) is 5.06 Å². The van der Waals surface area contributed by atoms with Crippen molar-refractivity contribution in [1.82, 2.24) is 24.7 Å². The van der Waals surface area contributed by atoms with Crippen molar-refractivity contribution in [2.24, 2.45) is 0 Å². The van der Waals surface area contributed by atoms with Gasteiger partial charge < -0.3 is 20.2 Å². The molecule has 19 heteroatoms. The molecule has 3 N–H and O–H groups in total. The minimum absolute atomic E-state index is 0. The maximum atomic E-state index is 12.4. The van der Waals surface area contributed by atoms with Gasteiger partial charge in [0.2, 0.25) is 0 Å². The van der Waals surface area contributed by atoms with Crippen LogP contribution in [0.4, 0.5) is 0 Å². The molecule has 0 saturated carbocycles. The van der Waals surface area contributed by atoms with E-state index < -0.39 is 35.7 Å². The number of carbonyl (C=O) groups excluding carboxylic acids is 3. The average Bonchev–Trinajstić information content (AvgIpc) is 3.06. The quantitative estimate of drug-likeness (QED) is 0.252. The van der Waals surface area contributed by atoms with Crippen LogP contribution in [-0.4, -0.2) is 154 Å². The van der Waals surface area contributed by atoms with Crippen LogP contribution in [0.5, 0.6) is 0 Å². The molecular weight excluding hydrogens is 612 g/mol. The second-order valence-electron chi connectivity index (χ2n) is 8.33. The number of imide groups is 1. The third-order valence-electron chi connectivity index (χ3n) is 5.56. The fraction of sp³-hybridized carbons (Fsp3) is 0.700. The summed E-state index contributed by atoms with van der Waals surface area (Å²) in [6.07, 6.45) is -0.0773. The summed E-state index contributed by atoms with van der Waals surface area (Å²) in [5.74, 6) is -5.24. The number of carbonyl (C=O) groups is 6. The van der Waals surface area contributed by atoms with Crippen molar-refractivity contribution in [3.8, 4) is 0 Å². The molecule has 2 aliphatic heterocycles. The third kappa shape index (κ3) is 16.0. The Hall–Kier alpha value is -1.98. The van der Waals surface area contributed by atoms with Gasteiger partial charge in [0.25, 0.3) is 11.8 Å². The van der Waals surface area contributed by atoms with Gasteiger partial charge in [0.05, 0.1) is 26.2 Å². The normalized spacial score (nSPS) is 18.2. The van der Waals surface area contributed by atoms with Gasteiger partial charge in [0.15, 0.2) is 0 Å². The van der Waals surface area contributed by atoms with Crippen LogP contribution >= 0.6 is 49.6 Å². The monoisotopic (exact) mass is 645 g/mol. The first-order valence-electron chi connectivity index (χ1n) is 11.1. The number of nitrogens with zero attached hydrogens (tertiary/aromatic N) is 5. The summed E-state index contributed by atoms with van der Waals surface area (Å²) in [5.41, 5.74) is 0. The number of hydroxylamine groups is 2. The van der Waals surface area contributed by atoms with Gasteiger partial charge in [-0.3, -0.25) is 43.6 Å².